The molecule has 0 aromatic heterocycles. The van der Waals surface area contributed by atoms with Crippen LogP contribution in [0, 0.1) is 17.7 Å². The van der Waals surface area contributed by atoms with Gasteiger partial charge in [-0.1, -0.05) is 24.6 Å². The summed E-state index contributed by atoms with van der Waals surface area (Å²) in [7, 11) is 0. The zero-order valence-electron chi connectivity index (χ0n) is 9.29. The van der Waals surface area contributed by atoms with Gasteiger partial charge in [-0.15, -0.1) is 0 Å². The minimum absolute atomic E-state index is 0.128. The Morgan fingerprint density at radius 1 is 1.50 bits per heavy atom. The molecule has 0 radical (unpaired) electrons. The number of aliphatic hydroxyl groups excluding tert-OH is 1. The van der Waals surface area contributed by atoms with Crippen molar-refractivity contribution in [3.8, 4) is 0 Å². The van der Waals surface area contributed by atoms with Crippen LogP contribution < -0.4 is 0 Å². The summed E-state index contributed by atoms with van der Waals surface area (Å²) in [4.78, 5) is 0. The fourth-order valence-corrected chi connectivity index (χ4v) is 2.23. The molecule has 1 nitrogen and oxygen atoms in total. The summed E-state index contributed by atoms with van der Waals surface area (Å²) in [5.74, 6) is 0.588. The molecule has 1 fully saturated rings. The lowest BCUT2D eigenvalue weighted by atomic mass is 9.94. The predicted molar refractivity (Wildman–Crippen MR) is 63.0 cm³/mol. The van der Waals surface area contributed by atoms with Crippen LogP contribution in [-0.2, 0) is 6.42 Å². The van der Waals surface area contributed by atoms with E-state index in [9.17, 15) is 9.50 Å². The first-order valence-corrected chi connectivity index (χ1v) is 6.07. The SMILES string of the molecule is CC(C(O)Cc1ccc(F)c(Cl)c1)C1CC1. The van der Waals surface area contributed by atoms with Crippen LogP contribution in [0.1, 0.15) is 25.3 Å². The topological polar surface area (TPSA) is 20.2 Å². The normalized spacial score (nSPS) is 19.5. The second-order valence-electron chi connectivity index (χ2n) is 4.72. The summed E-state index contributed by atoms with van der Waals surface area (Å²) >= 11 is 5.70. The van der Waals surface area contributed by atoms with E-state index >= 15 is 0 Å². The van der Waals surface area contributed by atoms with Gasteiger partial charge in [0.2, 0.25) is 0 Å². The van der Waals surface area contributed by atoms with Gasteiger partial charge in [0.15, 0.2) is 0 Å². The molecule has 0 bridgehead atoms. The molecule has 1 aliphatic rings. The molecule has 1 N–H and O–H groups in total. The first-order valence-electron chi connectivity index (χ1n) is 5.70. The number of aliphatic hydroxyl groups is 1. The van der Waals surface area contributed by atoms with Crippen molar-refractivity contribution in [1.82, 2.24) is 0 Å². The molecule has 0 heterocycles. The smallest absolute Gasteiger partial charge is 0.141 e. The predicted octanol–water partition coefficient (Wildman–Crippen LogP) is 3.43. The summed E-state index contributed by atoms with van der Waals surface area (Å²) in [6, 6.07) is 4.63. The van der Waals surface area contributed by atoms with Crippen molar-refractivity contribution in [3.05, 3.63) is 34.6 Å². The summed E-state index contributed by atoms with van der Waals surface area (Å²) < 4.78 is 12.9. The lowest BCUT2D eigenvalue weighted by Gasteiger charge is -2.18. The molecule has 1 aliphatic carbocycles. The van der Waals surface area contributed by atoms with Crippen molar-refractivity contribution in [1.29, 1.82) is 0 Å². The summed E-state index contributed by atoms with van der Waals surface area (Å²) in [5.41, 5.74) is 0.895. The third-order valence-electron chi connectivity index (χ3n) is 3.40. The molecule has 16 heavy (non-hydrogen) atoms. The largest absolute Gasteiger partial charge is 0.392 e. The van der Waals surface area contributed by atoms with Crippen LogP contribution in [0.4, 0.5) is 4.39 Å². The average Bonchev–Trinajstić information content (AvgIpc) is 3.06. The van der Waals surface area contributed by atoms with Crippen LogP contribution in [0.5, 0.6) is 0 Å². The molecule has 3 heteroatoms. The van der Waals surface area contributed by atoms with Crippen LogP contribution in [0.15, 0.2) is 18.2 Å². The molecular formula is C13H16ClFO. The highest BCUT2D eigenvalue weighted by Gasteiger charge is 2.32. The fraction of sp³-hybridized carbons (Fsp3) is 0.538. The maximum absolute atomic E-state index is 12.9. The summed E-state index contributed by atoms with van der Waals surface area (Å²) in [6.45, 7) is 2.08. The maximum atomic E-state index is 12.9. The van der Waals surface area contributed by atoms with Gasteiger partial charge in [0.25, 0.3) is 0 Å². The van der Waals surface area contributed by atoms with Crippen molar-refractivity contribution in [3.63, 3.8) is 0 Å². The lowest BCUT2D eigenvalue weighted by Crippen LogP contribution is -2.21. The number of halogens is 2. The van der Waals surface area contributed by atoms with Gasteiger partial charge < -0.3 is 5.11 Å². The molecule has 0 saturated heterocycles. The highest BCUT2D eigenvalue weighted by molar-refractivity contribution is 6.30. The minimum atomic E-state index is -0.407. The molecule has 0 aliphatic heterocycles. The van der Waals surface area contributed by atoms with E-state index < -0.39 is 5.82 Å². The molecular weight excluding hydrogens is 227 g/mol. The van der Waals surface area contributed by atoms with Crippen molar-refractivity contribution >= 4 is 11.6 Å². The molecule has 2 unspecified atom stereocenters. The maximum Gasteiger partial charge on any atom is 0.141 e. The van der Waals surface area contributed by atoms with Gasteiger partial charge in [-0.3, -0.25) is 0 Å². The number of rotatable bonds is 4. The Balaban J connectivity index is 1.99. The lowest BCUT2D eigenvalue weighted by molar-refractivity contribution is 0.105. The third-order valence-corrected chi connectivity index (χ3v) is 3.69. The second-order valence-corrected chi connectivity index (χ2v) is 5.12. The van der Waals surface area contributed by atoms with Gasteiger partial charge in [-0.2, -0.15) is 0 Å². The van der Waals surface area contributed by atoms with Crippen LogP contribution >= 0.6 is 11.6 Å². The fourth-order valence-electron chi connectivity index (χ4n) is 2.03. The van der Waals surface area contributed by atoms with Crippen molar-refractivity contribution < 1.29 is 9.50 Å². The van der Waals surface area contributed by atoms with Crippen molar-refractivity contribution in [2.75, 3.05) is 0 Å². The molecule has 2 atom stereocenters. The van der Waals surface area contributed by atoms with Crippen molar-refractivity contribution in [2.45, 2.75) is 32.3 Å². The Hall–Kier alpha value is -0.600. The number of hydrogen-bond donors (Lipinski definition) is 1. The van der Waals surface area contributed by atoms with E-state index in [4.69, 9.17) is 11.6 Å². The van der Waals surface area contributed by atoms with Gasteiger partial charge in [-0.25, -0.2) is 4.39 Å². The highest BCUT2D eigenvalue weighted by atomic mass is 35.5. The third kappa shape index (κ3) is 2.74. The van der Waals surface area contributed by atoms with Gasteiger partial charge in [0.1, 0.15) is 5.82 Å². The van der Waals surface area contributed by atoms with E-state index in [1.807, 2.05) is 0 Å². The second kappa shape index (κ2) is 4.72. The first kappa shape index (κ1) is 11.9. The standard InChI is InChI=1S/C13H16ClFO/c1-8(10-3-4-10)13(16)7-9-2-5-12(15)11(14)6-9/h2,5-6,8,10,13,16H,3-4,7H2,1H3. The molecule has 1 saturated carbocycles. The Kier molecular flexibility index (Phi) is 3.50. The van der Waals surface area contributed by atoms with Crippen molar-refractivity contribution in [2.24, 2.45) is 11.8 Å². The molecule has 1 aromatic rings. The zero-order chi connectivity index (χ0) is 11.7. The molecule has 88 valence electrons. The Morgan fingerprint density at radius 3 is 2.75 bits per heavy atom. The number of hydrogen-bond acceptors (Lipinski definition) is 1. The van der Waals surface area contributed by atoms with Crippen LogP contribution in [0.3, 0.4) is 0 Å². The molecule has 0 spiro atoms. The molecule has 0 amide bonds. The van der Waals surface area contributed by atoms with Crippen LogP contribution in [-0.4, -0.2) is 11.2 Å². The van der Waals surface area contributed by atoms with E-state index in [1.54, 1.807) is 12.1 Å². The van der Waals surface area contributed by atoms with Crippen LogP contribution in [0.2, 0.25) is 5.02 Å². The van der Waals surface area contributed by atoms with Crippen LogP contribution in [0.25, 0.3) is 0 Å². The highest BCUT2D eigenvalue weighted by Crippen LogP contribution is 2.38. The average molecular weight is 243 g/mol. The quantitative estimate of drug-likeness (QED) is 0.858. The monoisotopic (exact) mass is 242 g/mol. The summed E-state index contributed by atoms with van der Waals surface area (Å²) in [6.07, 6.45) is 2.65. The Morgan fingerprint density at radius 2 is 2.19 bits per heavy atom. The van der Waals surface area contributed by atoms with E-state index in [1.165, 1.54) is 18.9 Å². The van der Waals surface area contributed by atoms with E-state index in [0.717, 1.165) is 5.56 Å². The Bertz CT molecular complexity index is 376. The summed E-state index contributed by atoms with van der Waals surface area (Å²) in [5, 5.41) is 10.1. The Labute approximate surface area is 100 Å². The van der Waals surface area contributed by atoms with Gasteiger partial charge in [0.05, 0.1) is 11.1 Å². The first-order chi connectivity index (χ1) is 7.58. The van der Waals surface area contributed by atoms with E-state index in [-0.39, 0.29) is 11.1 Å². The number of benzene rings is 1. The van der Waals surface area contributed by atoms with Gasteiger partial charge >= 0.3 is 0 Å². The van der Waals surface area contributed by atoms with E-state index in [2.05, 4.69) is 6.92 Å². The zero-order valence-corrected chi connectivity index (χ0v) is 10.0. The minimum Gasteiger partial charge on any atom is -0.392 e. The molecule has 1 aromatic carbocycles. The molecule has 2 rings (SSSR count). The van der Waals surface area contributed by atoms with E-state index in [0.29, 0.717) is 18.3 Å². The van der Waals surface area contributed by atoms with Gasteiger partial charge in [-0.05, 0) is 48.8 Å². The van der Waals surface area contributed by atoms with Gasteiger partial charge in [0, 0.05) is 0 Å².